The van der Waals surface area contributed by atoms with Gasteiger partial charge in [-0.25, -0.2) is 0 Å². The topological polar surface area (TPSA) is 55.1 Å². The molecule has 0 spiro atoms. The largest absolute Gasteiger partial charge is 0.350 e. The van der Waals surface area contributed by atoms with Crippen molar-refractivity contribution >= 4 is 17.5 Å². The van der Waals surface area contributed by atoms with Crippen molar-refractivity contribution in [1.82, 2.24) is 5.32 Å². The van der Waals surface area contributed by atoms with E-state index in [4.69, 9.17) is 17.3 Å². The van der Waals surface area contributed by atoms with Crippen LogP contribution in [0.5, 0.6) is 0 Å². The van der Waals surface area contributed by atoms with E-state index in [0.717, 1.165) is 12.0 Å². The van der Waals surface area contributed by atoms with Gasteiger partial charge in [0, 0.05) is 11.4 Å². The van der Waals surface area contributed by atoms with Crippen molar-refractivity contribution in [2.24, 2.45) is 11.7 Å². The van der Waals surface area contributed by atoms with Crippen LogP contribution in [0.1, 0.15) is 38.3 Å². The summed E-state index contributed by atoms with van der Waals surface area (Å²) >= 11 is 6.09. The van der Waals surface area contributed by atoms with E-state index in [2.05, 4.69) is 5.32 Å². The number of carbonyl (C=O) groups is 1. The van der Waals surface area contributed by atoms with Gasteiger partial charge in [0.05, 0.1) is 6.04 Å². The molecule has 18 heavy (non-hydrogen) atoms. The van der Waals surface area contributed by atoms with Crippen molar-refractivity contribution in [2.45, 2.75) is 32.7 Å². The Morgan fingerprint density at radius 3 is 2.67 bits per heavy atom. The van der Waals surface area contributed by atoms with Crippen molar-refractivity contribution in [3.8, 4) is 0 Å². The van der Waals surface area contributed by atoms with E-state index < -0.39 is 0 Å². The van der Waals surface area contributed by atoms with Crippen LogP contribution in [0.4, 0.5) is 0 Å². The molecule has 0 saturated heterocycles. The molecule has 1 aromatic carbocycles. The van der Waals surface area contributed by atoms with Gasteiger partial charge in [0.1, 0.15) is 0 Å². The molecule has 0 heterocycles. The molecule has 1 unspecified atom stereocenters. The van der Waals surface area contributed by atoms with Gasteiger partial charge in [0.15, 0.2) is 0 Å². The predicted molar refractivity (Wildman–Crippen MR) is 75.5 cm³/mol. The van der Waals surface area contributed by atoms with E-state index in [1.54, 1.807) is 0 Å². The Morgan fingerprint density at radius 2 is 2.11 bits per heavy atom. The summed E-state index contributed by atoms with van der Waals surface area (Å²) in [5.74, 6) is 0.281. The van der Waals surface area contributed by atoms with Crippen LogP contribution in [0.3, 0.4) is 0 Å². The summed E-state index contributed by atoms with van der Waals surface area (Å²) in [4.78, 5) is 11.9. The van der Waals surface area contributed by atoms with E-state index >= 15 is 0 Å². The molecule has 3 nitrogen and oxygen atoms in total. The summed E-state index contributed by atoms with van der Waals surface area (Å²) in [5.41, 5.74) is 6.53. The molecule has 0 aliphatic heterocycles. The third kappa shape index (κ3) is 4.31. The Labute approximate surface area is 114 Å². The highest BCUT2D eigenvalue weighted by Crippen LogP contribution is 2.22. The number of hydrogen-bond acceptors (Lipinski definition) is 2. The summed E-state index contributed by atoms with van der Waals surface area (Å²) in [5, 5.41) is 3.63. The lowest BCUT2D eigenvalue weighted by molar-refractivity contribution is -0.122. The highest BCUT2D eigenvalue weighted by Gasteiger charge is 2.15. The van der Waals surface area contributed by atoms with E-state index in [9.17, 15) is 4.79 Å². The van der Waals surface area contributed by atoms with Gasteiger partial charge in [0.25, 0.3) is 0 Å². The quantitative estimate of drug-likeness (QED) is 0.834. The first-order chi connectivity index (χ1) is 8.58. The Morgan fingerprint density at radius 1 is 1.44 bits per heavy atom. The normalized spacial score (nSPS) is 14.0. The summed E-state index contributed by atoms with van der Waals surface area (Å²) in [6.07, 6.45) is 1.40. The first-order valence-corrected chi connectivity index (χ1v) is 6.70. The third-order valence-corrected chi connectivity index (χ3v) is 3.48. The molecule has 0 bridgehead atoms. The SMILES string of the molecule is CCC(CN)CC(=O)N[C@H](C)c1ccccc1Cl. The summed E-state index contributed by atoms with van der Waals surface area (Å²) < 4.78 is 0. The zero-order valence-electron chi connectivity index (χ0n) is 10.9. The average molecular weight is 269 g/mol. The Kier molecular flexibility index (Phi) is 6.16. The van der Waals surface area contributed by atoms with Crippen LogP contribution >= 0.6 is 11.6 Å². The first kappa shape index (κ1) is 15.0. The van der Waals surface area contributed by atoms with Gasteiger partial charge in [-0.1, -0.05) is 43.1 Å². The fraction of sp³-hybridized carbons (Fsp3) is 0.500. The standard InChI is InChI=1S/C14H21ClN2O/c1-3-11(9-16)8-14(18)17-10(2)12-6-4-5-7-13(12)15/h4-7,10-11H,3,8-9,16H2,1-2H3,(H,17,18)/t10-,11?/m1/s1. The maximum atomic E-state index is 11.9. The van der Waals surface area contributed by atoms with Crippen molar-refractivity contribution < 1.29 is 4.79 Å². The zero-order valence-corrected chi connectivity index (χ0v) is 11.7. The highest BCUT2D eigenvalue weighted by molar-refractivity contribution is 6.31. The molecule has 0 radical (unpaired) electrons. The zero-order chi connectivity index (χ0) is 13.5. The molecule has 4 heteroatoms. The fourth-order valence-electron chi connectivity index (χ4n) is 1.86. The molecular formula is C14H21ClN2O. The molecule has 1 rings (SSSR count). The van der Waals surface area contributed by atoms with Gasteiger partial charge >= 0.3 is 0 Å². The van der Waals surface area contributed by atoms with Crippen LogP contribution < -0.4 is 11.1 Å². The minimum atomic E-state index is -0.0820. The molecule has 0 aliphatic rings. The van der Waals surface area contributed by atoms with Crippen LogP contribution in [0.25, 0.3) is 0 Å². The number of nitrogens with two attached hydrogens (primary N) is 1. The van der Waals surface area contributed by atoms with Gasteiger partial charge in [-0.3, -0.25) is 4.79 Å². The number of benzene rings is 1. The lowest BCUT2D eigenvalue weighted by Crippen LogP contribution is -2.30. The van der Waals surface area contributed by atoms with Crippen LogP contribution in [-0.2, 0) is 4.79 Å². The van der Waals surface area contributed by atoms with Crippen molar-refractivity contribution in [2.75, 3.05) is 6.54 Å². The van der Waals surface area contributed by atoms with E-state index in [1.807, 2.05) is 38.1 Å². The van der Waals surface area contributed by atoms with E-state index in [0.29, 0.717) is 18.0 Å². The molecule has 0 fully saturated rings. The van der Waals surface area contributed by atoms with Gasteiger partial charge in [0.2, 0.25) is 5.91 Å². The number of nitrogens with one attached hydrogen (secondary N) is 1. The Balaban J connectivity index is 2.57. The predicted octanol–water partition coefficient (Wildman–Crippen LogP) is 2.89. The van der Waals surface area contributed by atoms with Gasteiger partial charge in [-0.15, -0.1) is 0 Å². The molecule has 2 atom stereocenters. The lowest BCUT2D eigenvalue weighted by Gasteiger charge is -2.18. The average Bonchev–Trinajstić information content (AvgIpc) is 2.36. The molecule has 1 amide bonds. The lowest BCUT2D eigenvalue weighted by atomic mass is 10.0. The second-order valence-electron chi connectivity index (χ2n) is 4.52. The molecule has 1 aromatic rings. The molecule has 100 valence electrons. The molecule has 0 aliphatic carbocycles. The van der Waals surface area contributed by atoms with Crippen molar-refractivity contribution in [3.05, 3.63) is 34.9 Å². The summed E-state index contributed by atoms with van der Waals surface area (Å²) in [6, 6.07) is 7.46. The second kappa shape index (κ2) is 7.39. The third-order valence-electron chi connectivity index (χ3n) is 3.13. The molecule has 3 N–H and O–H groups in total. The van der Waals surface area contributed by atoms with Crippen molar-refractivity contribution in [3.63, 3.8) is 0 Å². The van der Waals surface area contributed by atoms with Gasteiger partial charge in [-0.2, -0.15) is 0 Å². The van der Waals surface area contributed by atoms with Crippen molar-refractivity contribution in [1.29, 1.82) is 0 Å². The van der Waals surface area contributed by atoms with Crippen LogP contribution in [0.15, 0.2) is 24.3 Å². The highest BCUT2D eigenvalue weighted by atomic mass is 35.5. The smallest absolute Gasteiger partial charge is 0.220 e. The minimum absolute atomic E-state index is 0.0275. The van der Waals surface area contributed by atoms with Gasteiger partial charge < -0.3 is 11.1 Å². The monoisotopic (exact) mass is 268 g/mol. The van der Waals surface area contributed by atoms with Crippen LogP contribution in [0, 0.1) is 5.92 Å². The number of amides is 1. The van der Waals surface area contributed by atoms with Gasteiger partial charge in [-0.05, 0) is 31.0 Å². The maximum Gasteiger partial charge on any atom is 0.220 e. The molecule has 0 saturated carbocycles. The van der Waals surface area contributed by atoms with Crippen LogP contribution in [0.2, 0.25) is 5.02 Å². The Hall–Kier alpha value is -1.06. The summed E-state index contributed by atoms with van der Waals surface area (Å²) in [7, 11) is 0. The number of rotatable bonds is 6. The first-order valence-electron chi connectivity index (χ1n) is 6.32. The van der Waals surface area contributed by atoms with Crippen LogP contribution in [-0.4, -0.2) is 12.5 Å². The fourth-order valence-corrected chi connectivity index (χ4v) is 2.16. The minimum Gasteiger partial charge on any atom is -0.350 e. The number of hydrogen-bond donors (Lipinski definition) is 2. The van der Waals surface area contributed by atoms with E-state index in [1.165, 1.54) is 0 Å². The second-order valence-corrected chi connectivity index (χ2v) is 4.93. The molecule has 0 aromatic heterocycles. The number of carbonyl (C=O) groups excluding carboxylic acids is 1. The molecular weight excluding hydrogens is 248 g/mol. The summed E-state index contributed by atoms with van der Waals surface area (Å²) in [6.45, 7) is 4.52. The number of halogens is 1. The maximum absolute atomic E-state index is 11.9. The van der Waals surface area contributed by atoms with E-state index in [-0.39, 0.29) is 17.9 Å². The Bertz CT molecular complexity index is 391.